The smallest absolute Gasteiger partial charge is 0.227 e. The van der Waals surface area contributed by atoms with Crippen molar-refractivity contribution in [2.45, 2.75) is 13.3 Å². The van der Waals surface area contributed by atoms with Gasteiger partial charge in [0.15, 0.2) is 0 Å². The number of nitrogens with zero attached hydrogens (tertiary/aromatic N) is 4. The number of benzene rings is 3. The first-order chi connectivity index (χ1) is 18.0. The highest BCUT2D eigenvalue weighted by atomic mass is 35.5. The van der Waals surface area contributed by atoms with Crippen molar-refractivity contribution < 1.29 is 9.47 Å². The Morgan fingerprint density at radius 3 is 2.38 bits per heavy atom. The predicted molar refractivity (Wildman–Crippen MR) is 146 cm³/mol. The van der Waals surface area contributed by atoms with Gasteiger partial charge in [0.05, 0.1) is 37.6 Å². The predicted octanol–water partition coefficient (Wildman–Crippen LogP) is 6.64. The van der Waals surface area contributed by atoms with E-state index in [2.05, 4.69) is 15.3 Å². The van der Waals surface area contributed by atoms with Gasteiger partial charge in [0.1, 0.15) is 11.5 Å². The largest absolute Gasteiger partial charge is 0.497 e. The van der Waals surface area contributed by atoms with E-state index in [9.17, 15) is 0 Å². The second-order valence-electron chi connectivity index (χ2n) is 8.53. The molecule has 2 heterocycles. The summed E-state index contributed by atoms with van der Waals surface area (Å²) in [6.45, 7) is 1.95. The van der Waals surface area contributed by atoms with Gasteiger partial charge >= 0.3 is 0 Å². The van der Waals surface area contributed by atoms with E-state index in [1.807, 2.05) is 90.6 Å². The standard InChI is InChI=1S/C29H26ClN5O2/c1-19-17-35(18-32-19)26-13-10-24(15-27(26)37-3)33-29-31-16-22(14-20-4-11-25(36-2)12-5-20)28(34-29)21-6-8-23(30)9-7-21/h4-13,15-18H,14H2,1-3H3,(H,31,33,34). The summed E-state index contributed by atoms with van der Waals surface area (Å²) in [7, 11) is 3.31. The average Bonchev–Trinajstić information content (AvgIpc) is 3.36. The number of rotatable bonds is 8. The minimum atomic E-state index is 0.483. The molecule has 0 aliphatic rings. The van der Waals surface area contributed by atoms with Crippen molar-refractivity contribution in [2.75, 3.05) is 19.5 Å². The lowest BCUT2D eigenvalue weighted by atomic mass is 10.0. The fourth-order valence-corrected chi connectivity index (χ4v) is 4.19. The number of ether oxygens (including phenoxy) is 2. The van der Waals surface area contributed by atoms with E-state index < -0.39 is 0 Å². The van der Waals surface area contributed by atoms with Crippen molar-refractivity contribution in [1.29, 1.82) is 0 Å². The fraction of sp³-hybridized carbons (Fsp3) is 0.138. The molecule has 3 aromatic carbocycles. The zero-order chi connectivity index (χ0) is 25.8. The Kier molecular flexibility index (Phi) is 7.05. The molecule has 5 rings (SSSR count). The van der Waals surface area contributed by atoms with Gasteiger partial charge in [-0.25, -0.2) is 15.0 Å². The van der Waals surface area contributed by atoms with E-state index in [0.717, 1.165) is 45.2 Å². The molecule has 5 aromatic rings. The molecular weight excluding hydrogens is 486 g/mol. The summed E-state index contributed by atoms with van der Waals surface area (Å²) in [5, 5.41) is 3.99. The van der Waals surface area contributed by atoms with E-state index in [-0.39, 0.29) is 0 Å². The molecule has 37 heavy (non-hydrogen) atoms. The molecule has 0 spiro atoms. The van der Waals surface area contributed by atoms with Crippen LogP contribution in [-0.4, -0.2) is 33.7 Å². The molecule has 8 heteroatoms. The average molecular weight is 512 g/mol. The van der Waals surface area contributed by atoms with Crippen LogP contribution in [0.5, 0.6) is 11.5 Å². The first kappa shape index (κ1) is 24.3. The Labute approximate surface area is 220 Å². The van der Waals surface area contributed by atoms with Crippen LogP contribution in [-0.2, 0) is 6.42 Å². The normalized spacial score (nSPS) is 10.8. The summed E-state index contributed by atoms with van der Waals surface area (Å²) in [5.74, 6) is 2.01. The molecule has 186 valence electrons. The van der Waals surface area contributed by atoms with Gasteiger partial charge in [-0.2, -0.15) is 0 Å². The number of nitrogens with one attached hydrogen (secondary N) is 1. The number of methoxy groups -OCH3 is 2. The van der Waals surface area contributed by atoms with Crippen LogP contribution in [0.15, 0.2) is 85.5 Å². The number of aromatic nitrogens is 4. The zero-order valence-electron chi connectivity index (χ0n) is 20.8. The fourth-order valence-electron chi connectivity index (χ4n) is 4.07. The quantitative estimate of drug-likeness (QED) is 0.251. The lowest BCUT2D eigenvalue weighted by Gasteiger charge is -2.14. The monoisotopic (exact) mass is 511 g/mol. The van der Waals surface area contributed by atoms with Crippen molar-refractivity contribution in [3.63, 3.8) is 0 Å². The third kappa shape index (κ3) is 5.57. The van der Waals surface area contributed by atoms with Gasteiger partial charge < -0.3 is 19.4 Å². The molecule has 0 aliphatic carbocycles. The highest BCUT2D eigenvalue weighted by Crippen LogP contribution is 2.30. The first-order valence-electron chi connectivity index (χ1n) is 11.7. The van der Waals surface area contributed by atoms with Crippen LogP contribution in [0.1, 0.15) is 16.8 Å². The molecule has 0 unspecified atom stereocenters. The second-order valence-corrected chi connectivity index (χ2v) is 8.97. The number of hydrogen-bond acceptors (Lipinski definition) is 6. The Balaban J connectivity index is 1.47. The lowest BCUT2D eigenvalue weighted by molar-refractivity contribution is 0.413. The lowest BCUT2D eigenvalue weighted by Crippen LogP contribution is -2.03. The summed E-state index contributed by atoms with van der Waals surface area (Å²) in [5.41, 5.74) is 6.57. The summed E-state index contributed by atoms with van der Waals surface area (Å²) in [6, 6.07) is 21.5. The van der Waals surface area contributed by atoms with Gasteiger partial charge in [-0.05, 0) is 48.9 Å². The van der Waals surface area contributed by atoms with Crippen LogP contribution in [0.2, 0.25) is 5.02 Å². The van der Waals surface area contributed by atoms with Gasteiger partial charge in [-0.3, -0.25) is 0 Å². The third-order valence-corrected chi connectivity index (χ3v) is 6.21. The second kappa shape index (κ2) is 10.7. The van der Waals surface area contributed by atoms with Crippen LogP contribution in [0.4, 0.5) is 11.6 Å². The summed E-state index contributed by atoms with van der Waals surface area (Å²) >= 11 is 6.15. The minimum Gasteiger partial charge on any atom is -0.497 e. The van der Waals surface area contributed by atoms with Crippen molar-refractivity contribution in [1.82, 2.24) is 19.5 Å². The van der Waals surface area contributed by atoms with Crippen LogP contribution in [0.3, 0.4) is 0 Å². The van der Waals surface area contributed by atoms with Crippen molar-refractivity contribution >= 4 is 23.2 Å². The summed E-state index contributed by atoms with van der Waals surface area (Å²) in [6.07, 6.45) is 6.26. The molecule has 0 fully saturated rings. The minimum absolute atomic E-state index is 0.483. The van der Waals surface area contributed by atoms with Crippen LogP contribution >= 0.6 is 11.6 Å². The Morgan fingerprint density at radius 2 is 1.70 bits per heavy atom. The van der Waals surface area contributed by atoms with E-state index >= 15 is 0 Å². The van der Waals surface area contributed by atoms with Crippen molar-refractivity contribution in [3.8, 4) is 28.4 Å². The molecule has 0 bridgehead atoms. The van der Waals surface area contributed by atoms with E-state index in [1.165, 1.54) is 0 Å². The SMILES string of the molecule is COc1ccc(Cc2cnc(Nc3ccc(-n4cnc(C)c4)c(OC)c3)nc2-c2ccc(Cl)cc2)cc1. The number of hydrogen-bond donors (Lipinski definition) is 1. The maximum absolute atomic E-state index is 6.15. The van der Waals surface area contributed by atoms with Gasteiger partial charge in [0.25, 0.3) is 0 Å². The maximum atomic E-state index is 6.15. The number of halogens is 1. The third-order valence-electron chi connectivity index (χ3n) is 5.96. The molecule has 7 nitrogen and oxygen atoms in total. The maximum Gasteiger partial charge on any atom is 0.227 e. The summed E-state index contributed by atoms with van der Waals surface area (Å²) in [4.78, 5) is 13.8. The van der Waals surface area contributed by atoms with Crippen molar-refractivity contribution in [2.24, 2.45) is 0 Å². The van der Waals surface area contributed by atoms with E-state index in [0.29, 0.717) is 23.1 Å². The van der Waals surface area contributed by atoms with Gasteiger partial charge in [0.2, 0.25) is 5.95 Å². The molecule has 0 amide bonds. The molecule has 0 aliphatic heterocycles. The van der Waals surface area contributed by atoms with Gasteiger partial charge in [0, 0.05) is 46.7 Å². The van der Waals surface area contributed by atoms with Crippen LogP contribution in [0.25, 0.3) is 16.9 Å². The number of anilines is 2. The van der Waals surface area contributed by atoms with Crippen LogP contribution < -0.4 is 14.8 Å². The van der Waals surface area contributed by atoms with E-state index in [1.54, 1.807) is 20.5 Å². The van der Waals surface area contributed by atoms with E-state index in [4.69, 9.17) is 26.1 Å². The highest BCUT2D eigenvalue weighted by Gasteiger charge is 2.13. The van der Waals surface area contributed by atoms with Gasteiger partial charge in [-0.1, -0.05) is 35.9 Å². The molecule has 0 saturated carbocycles. The molecule has 1 N–H and O–H groups in total. The van der Waals surface area contributed by atoms with Gasteiger partial charge in [-0.15, -0.1) is 0 Å². The number of imidazole rings is 1. The Morgan fingerprint density at radius 1 is 0.919 bits per heavy atom. The molecule has 0 saturated heterocycles. The first-order valence-corrected chi connectivity index (χ1v) is 12.1. The summed E-state index contributed by atoms with van der Waals surface area (Å²) < 4.78 is 12.9. The molecule has 0 radical (unpaired) electrons. The zero-order valence-corrected chi connectivity index (χ0v) is 21.5. The molecule has 2 aromatic heterocycles. The van der Waals surface area contributed by atoms with Crippen LogP contribution in [0, 0.1) is 6.92 Å². The highest BCUT2D eigenvalue weighted by molar-refractivity contribution is 6.30. The number of aryl methyl sites for hydroxylation is 1. The van der Waals surface area contributed by atoms with Crippen molar-refractivity contribution in [3.05, 3.63) is 107 Å². The Hall–Kier alpha value is -4.36. The Bertz CT molecular complexity index is 1510. The topological polar surface area (TPSA) is 74.1 Å². The molecular formula is C29H26ClN5O2. The molecule has 0 atom stereocenters.